The van der Waals surface area contributed by atoms with Crippen LogP contribution >= 0.6 is 0 Å². The molecule has 0 saturated carbocycles. The Morgan fingerprint density at radius 3 is 2.71 bits per heavy atom. The molecule has 0 radical (unpaired) electrons. The molecule has 0 unspecified atom stereocenters. The topological polar surface area (TPSA) is 26.3 Å². The first-order valence-corrected chi connectivity index (χ1v) is 3.14. The molecule has 0 amide bonds. The van der Waals surface area contributed by atoms with Crippen LogP contribution in [0.1, 0.15) is 0 Å². The zero-order valence-electron chi connectivity index (χ0n) is 4.10. The van der Waals surface area contributed by atoms with Crippen LogP contribution in [0.25, 0.3) is 0 Å². The van der Waals surface area contributed by atoms with Gasteiger partial charge in [-0.2, -0.15) is 0 Å². The standard InChI is InChI=1S/C4H3O2.Na/c5-4-2-1-3-6-4;/h1H,3H2;. The summed E-state index contributed by atoms with van der Waals surface area (Å²) in [4.78, 5) is 10.3. The van der Waals surface area contributed by atoms with Gasteiger partial charge in [0.05, 0.1) is 0 Å². The molecule has 0 fully saturated rings. The minimum atomic E-state index is -0.119. The van der Waals surface area contributed by atoms with Gasteiger partial charge in [-0.25, -0.2) is 0 Å². The number of hydrogen-bond acceptors (Lipinski definition) is 2. The molecule has 0 N–H and O–H groups in total. The van der Waals surface area contributed by atoms with Gasteiger partial charge in [0.25, 0.3) is 0 Å². The van der Waals surface area contributed by atoms with Gasteiger partial charge in [-0.15, -0.1) is 0 Å². The van der Waals surface area contributed by atoms with Gasteiger partial charge < -0.3 is 0 Å². The minimum absolute atomic E-state index is 0.119. The molecule has 3 heteroatoms. The number of carbonyl (C=O) groups excluding carboxylic acids is 1. The number of rotatable bonds is 0. The Morgan fingerprint density at radius 1 is 1.86 bits per heavy atom. The van der Waals surface area contributed by atoms with E-state index in [1.54, 1.807) is 0 Å². The number of cyclic esters (lactones) is 1. The summed E-state index contributed by atoms with van der Waals surface area (Å²) in [5.74, 6) is -0.119. The monoisotopic (exact) mass is 106 g/mol. The van der Waals surface area contributed by atoms with Gasteiger partial charge >= 0.3 is 58.9 Å². The predicted octanol–water partition coefficient (Wildman–Crippen LogP) is -0.404. The van der Waals surface area contributed by atoms with E-state index in [0.717, 1.165) is 30.8 Å². The number of hydrogen-bond donors (Lipinski definition) is 0. The first kappa shape index (κ1) is 5.35. The average Bonchev–Trinajstić information content (AvgIpc) is 1.91. The molecule has 1 heterocycles. The molecule has 32 valence electrons. The van der Waals surface area contributed by atoms with E-state index in [4.69, 9.17) is 0 Å². The van der Waals surface area contributed by atoms with Crippen molar-refractivity contribution in [2.45, 2.75) is 0 Å². The third kappa shape index (κ3) is 1.06. The molecule has 1 aliphatic heterocycles. The number of esters is 1. The summed E-state index contributed by atoms with van der Waals surface area (Å²) >= 11 is 0.823. The van der Waals surface area contributed by atoms with E-state index in [2.05, 4.69) is 4.74 Å². The fraction of sp³-hybridized carbons (Fsp3) is 0.250. The van der Waals surface area contributed by atoms with Crippen molar-refractivity contribution in [2.24, 2.45) is 0 Å². The van der Waals surface area contributed by atoms with Crippen LogP contribution in [0.2, 0.25) is 0 Å². The molecule has 0 spiro atoms. The van der Waals surface area contributed by atoms with Crippen LogP contribution in [-0.2, 0) is 9.53 Å². The second-order valence-corrected chi connectivity index (χ2v) is 2.56. The molecule has 1 aliphatic rings. The maximum absolute atomic E-state index is 10.3. The summed E-state index contributed by atoms with van der Waals surface area (Å²) in [6.45, 7) is 0.498. The van der Waals surface area contributed by atoms with Gasteiger partial charge in [0.1, 0.15) is 0 Å². The molecule has 0 saturated heterocycles. The Kier molecular flexibility index (Phi) is 1.52. The van der Waals surface area contributed by atoms with Crippen LogP contribution in [0.15, 0.2) is 8.90 Å². The van der Waals surface area contributed by atoms with Crippen molar-refractivity contribution in [3.8, 4) is 0 Å². The van der Waals surface area contributed by atoms with Crippen molar-refractivity contribution in [2.75, 3.05) is 6.61 Å². The zero-order valence-corrected chi connectivity index (χ0v) is 6.10. The second-order valence-electron chi connectivity index (χ2n) is 1.49. The Labute approximate surface area is 58.9 Å². The average molecular weight is 106 g/mol. The SMILES string of the molecule is O=C1OCC=[C]1[Na]. The van der Waals surface area contributed by atoms with Crippen molar-refractivity contribution in [3.05, 3.63) is 8.90 Å². The molecule has 1 rings (SSSR count). The summed E-state index contributed by atoms with van der Waals surface area (Å²) in [6, 6.07) is 0. The first-order chi connectivity index (χ1) is 3.30. The van der Waals surface area contributed by atoms with E-state index in [-0.39, 0.29) is 5.97 Å². The molecular formula is C4H3NaO2. The summed E-state index contributed by atoms with van der Waals surface area (Å²) in [5.41, 5.74) is 0. The van der Waals surface area contributed by atoms with Gasteiger partial charge in [-0.05, 0) is 0 Å². The molecule has 0 aromatic rings. The van der Waals surface area contributed by atoms with Gasteiger partial charge in [-0.1, -0.05) is 0 Å². The van der Waals surface area contributed by atoms with Crippen molar-refractivity contribution in [1.82, 2.24) is 0 Å². The van der Waals surface area contributed by atoms with Gasteiger partial charge in [0.15, 0.2) is 0 Å². The molecule has 0 bridgehead atoms. The van der Waals surface area contributed by atoms with Crippen molar-refractivity contribution < 1.29 is 9.53 Å². The Hall–Kier alpha value is 0.210. The molecule has 0 aliphatic carbocycles. The quantitative estimate of drug-likeness (QED) is 0.310. The van der Waals surface area contributed by atoms with Gasteiger partial charge in [0.2, 0.25) is 0 Å². The Morgan fingerprint density at radius 2 is 2.57 bits per heavy atom. The maximum atomic E-state index is 10.3. The van der Waals surface area contributed by atoms with Crippen LogP contribution in [0.3, 0.4) is 0 Å². The Balaban J connectivity index is 2.72. The first-order valence-electron chi connectivity index (χ1n) is 2.14. The number of ether oxygens (including phenoxy) is 1. The molecule has 0 aromatic heterocycles. The molecular weight excluding hydrogens is 103 g/mol. The Bertz CT molecular complexity index is 128. The second kappa shape index (κ2) is 1.99. The summed E-state index contributed by atoms with van der Waals surface area (Å²) < 4.78 is 5.43. The van der Waals surface area contributed by atoms with Crippen molar-refractivity contribution in [3.63, 3.8) is 0 Å². The molecule has 0 aromatic carbocycles. The van der Waals surface area contributed by atoms with Crippen LogP contribution in [0.4, 0.5) is 0 Å². The third-order valence-electron chi connectivity index (χ3n) is 0.926. The molecule has 7 heavy (non-hydrogen) atoms. The fourth-order valence-electron chi connectivity index (χ4n) is 0.440. The van der Waals surface area contributed by atoms with E-state index in [0.29, 0.717) is 6.61 Å². The van der Waals surface area contributed by atoms with E-state index in [9.17, 15) is 4.79 Å². The fourth-order valence-corrected chi connectivity index (χ4v) is 0.751. The van der Waals surface area contributed by atoms with Crippen molar-refractivity contribution in [1.29, 1.82) is 0 Å². The van der Waals surface area contributed by atoms with Crippen molar-refractivity contribution >= 4 is 33.9 Å². The zero-order chi connectivity index (χ0) is 5.28. The molecule has 0 atom stereocenters. The van der Waals surface area contributed by atoms with Crippen LogP contribution in [0.5, 0.6) is 0 Å². The van der Waals surface area contributed by atoms with E-state index < -0.39 is 0 Å². The van der Waals surface area contributed by atoms with Gasteiger partial charge in [0, 0.05) is 0 Å². The van der Waals surface area contributed by atoms with Gasteiger partial charge in [-0.3, -0.25) is 0 Å². The molecule has 2 nitrogen and oxygen atoms in total. The predicted molar refractivity (Wildman–Crippen MR) is 24.8 cm³/mol. The van der Waals surface area contributed by atoms with Crippen LogP contribution < -0.4 is 0 Å². The summed E-state index contributed by atoms with van der Waals surface area (Å²) in [6.07, 6.45) is 1.83. The van der Waals surface area contributed by atoms with E-state index >= 15 is 0 Å². The number of carbonyl (C=O) groups is 1. The van der Waals surface area contributed by atoms with E-state index in [1.807, 2.05) is 6.08 Å². The van der Waals surface area contributed by atoms with Crippen LogP contribution in [-0.4, -0.2) is 40.5 Å². The summed E-state index contributed by atoms with van der Waals surface area (Å²) in [7, 11) is 0. The van der Waals surface area contributed by atoms with Crippen LogP contribution in [0, 0.1) is 0 Å². The summed E-state index contributed by atoms with van der Waals surface area (Å²) in [5, 5.41) is 0. The third-order valence-corrected chi connectivity index (χ3v) is 1.74. The normalized spacial score (nSPS) is 19.1. The van der Waals surface area contributed by atoms with E-state index in [1.165, 1.54) is 0 Å².